The van der Waals surface area contributed by atoms with E-state index in [4.69, 9.17) is 0 Å². The molecule has 2 aromatic carbocycles. The first-order chi connectivity index (χ1) is 11.2. The molecule has 0 radical (unpaired) electrons. The highest BCUT2D eigenvalue weighted by Crippen LogP contribution is 2.41. The summed E-state index contributed by atoms with van der Waals surface area (Å²) in [6.45, 7) is 4.05. The van der Waals surface area contributed by atoms with Crippen LogP contribution < -0.4 is 0 Å². The zero-order valence-corrected chi connectivity index (χ0v) is 13.3. The molecular formula is C20H19N3. The molecule has 0 aliphatic heterocycles. The lowest BCUT2D eigenvalue weighted by Crippen LogP contribution is -2.35. The molecule has 0 amide bonds. The van der Waals surface area contributed by atoms with Gasteiger partial charge in [-0.2, -0.15) is 5.26 Å². The zero-order valence-electron chi connectivity index (χ0n) is 13.3. The molecule has 0 aliphatic carbocycles. The average molecular weight is 301 g/mol. The van der Waals surface area contributed by atoms with E-state index in [1.165, 1.54) is 0 Å². The monoisotopic (exact) mass is 301 g/mol. The van der Waals surface area contributed by atoms with E-state index >= 15 is 0 Å². The molecule has 1 heterocycles. The van der Waals surface area contributed by atoms with E-state index in [-0.39, 0.29) is 6.04 Å². The minimum absolute atomic E-state index is 0.0835. The van der Waals surface area contributed by atoms with Crippen molar-refractivity contribution in [3.05, 3.63) is 90.0 Å². The molecule has 3 rings (SSSR count). The molecule has 0 aliphatic rings. The molecule has 0 N–H and O–H groups in total. The Morgan fingerprint density at radius 1 is 1.00 bits per heavy atom. The third kappa shape index (κ3) is 2.43. The molecule has 0 fully saturated rings. The summed E-state index contributed by atoms with van der Waals surface area (Å²) >= 11 is 0. The van der Waals surface area contributed by atoms with Crippen molar-refractivity contribution >= 4 is 0 Å². The van der Waals surface area contributed by atoms with Crippen molar-refractivity contribution in [3.63, 3.8) is 0 Å². The van der Waals surface area contributed by atoms with Gasteiger partial charge in [-0.3, -0.25) is 0 Å². The Labute approximate surface area is 136 Å². The topological polar surface area (TPSA) is 41.6 Å². The van der Waals surface area contributed by atoms with E-state index in [9.17, 15) is 5.26 Å². The van der Waals surface area contributed by atoms with Gasteiger partial charge >= 0.3 is 0 Å². The Balaban J connectivity index is 2.26. The van der Waals surface area contributed by atoms with Gasteiger partial charge in [0.25, 0.3) is 0 Å². The van der Waals surface area contributed by atoms with Crippen LogP contribution in [-0.4, -0.2) is 9.55 Å². The van der Waals surface area contributed by atoms with Gasteiger partial charge in [-0.15, -0.1) is 0 Å². The lowest BCUT2D eigenvalue weighted by Gasteiger charge is -2.35. The largest absolute Gasteiger partial charge is 0.330 e. The fourth-order valence-corrected chi connectivity index (χ4v) is 3.28. The Kier molecular flexibility index (Phi) is 3.99. The van der Waals surface area contributed by atoms with E-state index in [0.717, 1.165) is 17.0 Å². The summed E-state index contributed by atoms with van der Waals surface area (Å²) in [5.74, 6) is 0.906. The summed E-state index contributed by atoms with van der Waals surface area (Å²) in [4.78, 5) is 4.33. The lowest BCUT2D eigenvalue weighted by atomic mass is 9.70. The number of hydrogen-bond acceptors (Lipinski definition) is 2. The van der Waals surface area contributed by atoms with Crippen molar-refractivity contribution in [1.82, 2.24) is 9.55 Å². The van der Waals surface area contributed by atoms with Crippen LogP contribution in [-0.2, 0) is 5.41 Å². The van der Waals surface area contributed by atoms with Gasteiger partial charge in [-0.05, 0) is 25.0 Å². The van der Waals surface area contributed by atoms with Gasteiger partial charge in [0.2, 0.25) is 0 Å². The van der Waals surface area contributed by atoms with Crippen molar-refractivity contribution in [2.45, 2.75) is 25.3 Å². The number of nitrogens with zero attached hydrogens (tertiary/aromatic N) is 3. The second kappa shape index (κ2) is 6.10. The summed E-state index contributed by atoms with van der Waals surface area (Å²) in [7, 11) is 0. The van der Waals surface area contributed by atoms with Crippen LogP contribution in [0.15, 0.2) is 73.1 Å². The molecule has 3 nitrogen and oxygen atoms in total. The second-order valence-electron chi connectivity index (χ2n) is 5.71. The van der Waals surface area contributed by atoms with E-state index in [1.807, 2.05) is 73.8 Å². The first-order valence-corrected chi connectivity index (χ1v) is 7.72. The predicted octanol–water partition coefficient (Wildman–Crippen LogP) is 4.26. The molecule has 1 aromatic heterocycles. The maximum Gasteiger partial charge on any atom is 0.127 e. The van der Waals surface area contributed by atoms with Crippen molar-refractivity contribution in [3.8, 4) is 6.07 Å². The predicted molar refractivity (Wildman–Crippen MR) is 91.0 cm³/mol. The zero-order chi connectivity index (χ0) is 16.3. The standard InChI is InChI=1S/C20H19N3/c1-16(23-14-13-22-17(23)2)20(15-21,18-9-5-3-6-10-18)19-11-7-4-8-12-19/h3-14,16H,1-2H3. The third-order valence-electron chi connectivity index (χ3n) is 4.54. The number of imidazole rings is 1. The maximum atomic E-state index is 10.3. The van der Waals surface area contributed by atoms with E-state index in [0.29, 0.717) is 0 Å². The molecule has 0 spiro atoms. The van der Waals surface area contributed by atoms with Crippen LogP contribution in [0, 0.1) is 18.3 Å². The SMILES string of the molecule is Cc1nccn1C(C)C(C#N)(c1ccccc1)c1ccccc1. The number of aryl methyl sites for hydroxylation is 1. The highest BCUT2D eigenvalue weighted by Gasteiger charge is 2.41. The highest BCUT2D eigenvalue weighted by molar-refractivity contribution is 5.47. The van der Waals surface area contributed by atoms with Gasteiger partial charge in [0, 0.05) is 12.4 Å². The molecule has 0 bridgehead atoms. The van der Waals surface area contributed by atoms with Crippen LogP contribution in [0.3, 0.4) is 0 Å². The number of hydrogen-bond donors (Lipinski definition) is 0. The van der Waals surface area contributed by atoms with Gasteiger partial charge in [0.1, 0.15) is 11.2 Å². The summed E-state index contributed by atoms with van der Waals surface area (Å²) < 4.78 is 2.07. The van der Waals surface area contributed by atoms with Gasteiger partial charge in [0.15, 0.2) is 0 Å². The summed E-state index contributed by atoms with van der Waals surface area (Å²) in [5, 5.41) is 10.3. The molecule has 114 valence electrons. The van der Waals surface area contributed by atoms with Crippen LogP contribution in [0.5, 0.6) is 0 Å². The maximum absolute atomic E-state index is 10.3. The number of rotatable bonds is 4. The van der Waals surface area contributed by atoms with Crippen LogP contribution in [0.2, 0.25) is 0 Å². The summed E-state index contributed by atoms with van der Waals surface area (Å²) in [5.41, 5.74) is 1.22. The fourth-order valence-electron chi connectivity index (χ4n) is 3.28. The Morgan fingerprint density at radius 2 is 1.52 bits per heavy atom. The molecule has 3 aromatic rings. The molecule has 0 saturated carbocycles. The van der Waals surface area contributed by atoms with Crippen molar-refractivity contribution in [2.75, 3.05) is 0 Å². The van der Waals surface area contributed by atoms with Crippen LogP contribution in [0.4, 0.5) is 0 Å². The minimum Gasteiger partial charge on any atom is -0.330 e. The average Bonchev–Trinajstić information content (AvgIpc) is 3.04. The van der Waals surface area contributed by atoms with Crippen molar-refractivity contribution < 1.29 is 0 Å². The second-order valence-corrected chi connectivity index (χ2v) is 5.71. The Bertz CT molecular complexity index is 773. The summed E-state index contributed by atoms with van der Waals surface area (Å²) in [6, 6.07) is 22.5. The lowest BCUT2D eigenvalue weighted by molar-refractivity contribution is 0.406. The van der Waals surface area contributed by atoms with Crippen LogP contribution in [0.25, 0.3) is 0 Å². The van der Waals surface area contributed by atoms with Gasteiger partial charge in [-0.1, -0.05) is 60.7 Å². The number of nitriles is 1. The molecule has 3 heteroatoms. The molecule has 23 heavy (non-hydrogen) atoms. The molecule has 1 atom stereocenters. The van der Waals surface area contributed by atoms with E-state index in [2.05, 4.69) is 22.5 Å². The molecule has 1 unspecified atom stereocenters. The minimum atomic E-state index is -0.770. The Morgan fingerprint density at radius 3 is 1.91 bits per heavy atom. The van der Waals surface area contributed by atoms with E-state index < -0.39 is 5.41 Å². The fraction of sp³-hybridized carbons (Fsp3) is 0.200. The third-order valence-corrected chi connectivity index (χ3v) is 4.54. The smallest absolute Gasteiger partial charge is 0.127 e. The highest BCUT2D eigenvalue weighted by atomic mass is 15.1. The summed E-state index contributed by atoms with van der Waals surface area (Å²) in [6.07, 6.45) is 3.72. The van der Waals surface area contributed by atoms with Gasteiger partial charge < -0.3 is 4.57 Å². The number of aromatic nitrogens is 2. The van der Waals surface area contributed by atoms with Crippen molar-refractivity contribution in [2.24, 2.45) is 0 Å². The molecule has 0 saturated heterocycles. The normalized spacial score (nSPS) is 12.6. The Hall–Kier alpha value is -2.86. The van der Waals surface area contributed by atoms with Crippen LogP contribution in [0.1, 0.15) is 29.9 Å². The van der Waals surface area contributed by atoms with Crippen molar-refractivity contribution in [1.29, 1.82) is 5.26 Å². The molecular weight excluding hydrogens is 282 g/mol. The first-order valence-electron chi connectivity index (χ1n) is 7.72. The van der Waals surface area contributed by atoms with Gasteiger partial charge in [0.05, 0.1) is 12.1 Å². The first kappa shape index (κ1) is 15.1. The van der Waals surface area contributed by atoms with Gasteiger partial charge in [-0.25, -0.2) is 4.98 Å². The van der Waals surface area contributed by atoms with E-state index in [1.54, 1.807) is 6.20 Å². The quantitative estimate of drug-likeness (QED) is 0.722. The van der Waals surface area contributed by atoms with Crippen LogP contribution >= 0.6 is 0 Å². The number of benzene rings is 2.